The molecule has 1 amide bonds. The van der Waals surface area contributed by atoms with E-state index in [2.05, 4.69) is 28.9 Å². The molecule has 134 valence electrons. The zero-order valence-corrected chi connectivity index (χ0v) is 15.2. The van der Waals surface area contributed by atoms with Gasteiger partial charge in [0.1, 0.15) is 17.9 Å². The number of carbonyl (C=O) groups excluding carboxylic acids is 1. The van der Waals surface area contributed by atoms with E-state index in [0.717, 1.165) is 23.8 Å². The van der Waals surface area contributed by atoms with Gasteiger partial charge in [-0.1, -0.05) is 6.07 Å². The third-order valence-electron chi connectivity index (χ3n) is 4.70. The molecular weight excluding hydrogens is 318 g/mol. The first kappa shape index (κ1) is 17.4. The summed E-state index contributed by atoms with van der Waals surface area (Å²) in [5.74, 6) is 1.74. The third-order valence-corrected chi connectivity index (χ3v) is 4.70. The molecule has 2 aromatic rings. The zero-order valence-electron chi connectivity index (χ0n) is 15.2. The second-order valence-electron chi connectivity index (χ2n) is 6.59. The fourth-order valence-corrected chi connectivity index (χ4v) is 3.16. The van der Waals surface area contributed by atoms with Gasteiger partial charge >= 0.3 is 0 Å². The minimum Gasteiger partial charge on any atom is -0.497 e. The van der Waals surface area contributed by atoms with Crippen molar-refractivity contribution in [3.05, 3.63) is 36.4 Å². The van der Waals surface area contributed by atoms with Crippen molar-refractivity contribution in [1.29, 1.82) is 0 Å². The Morgan fingerprint density at radius 3 is 2.84 bits per heavy atom. The molecule has 1 aliphatic rings. The van der Waals surface area contributed by atoms with Crippen molar-refractivity contribution in [1.82, 2.24) is 19.7 Å². The fourth-order valence-electron chi connectivity index (χ4n) is 3.16. The van der Waals surface area contributed by atoms with Crippen LogP contribution in [0.5, 0.6) is 5.75 Å². The number of hydrogen-bond donors (Lipinski definition) is 0. The number of aromatic nitrogens is 3. The number of piperazine rings is 1. The van der Waals surface area contributed by atoms with Crippen LogP contribution >= 0.6 is 0 Å². The lowest BCUT2D eigenvalue weighted by Crippen LogP contribution is -2.55. The smallest absolute Gasteiger partial charge is 0.244 e. The van der Waals surface area contributed by atoms with Gasteiger partial charge in [-0.2, -0.15) is 0 Å². The molecule has 0 spiro atoms. The summed E-state index contributed by atoms with van der Waals surface area (Å²) in [6, 6.07) is 7.72. The van der Waals surface area contributed by atoms with E-state index in [0.29, 0.717) is 19.1 Å². The van der Waals surface area contributed by atoms with Crippen LogP contribution in [0.3, 0.4) is 0 Å². The van der Waals surface area contributed by atoms with Crippen molar-refractivity contribution in [3.8, 4) is 5.75 Å². The van der Waals surface area contributed by atoms with E-state index < -0.39 is 0 Å². The highest BCUT2D eigenvalue weighted by atomic mass is 16.5. The fraction of sp³-hybridized carbons (Fsp3) is 0.500. The van der Waals surface area contributed by atoms with Crippen molar-refractivity contribution < 1.29 is 9.53 Å². The summed E-state index contributed by atoms with van der Waals surface area (Å²) in [4.78, 5) is 16.9. The molecule has 2 heterocycles. The van der Waals surface area contributed by atoms with Crippen LogP contribution in [0.2, 0.25) is 0 Å². The lowest BCUT2D eigenvalue weighted by Gasteiger charge is -2.39. The van der Waals surface area contributed by atoms with Crippen LogP contribution in [-0.4, -0.2) is 51.8 Å². The van der Waals surface area contributed by atoms with E-state index in [4.69, 9.17) is 4.74 Å². The van der Waals surface area contributed by atoms with Crippen molar-refractivity contribution >= 4 is 11.6 Å². The van der Waals surface area contributed by atoms with Gasteiger partial charge < -0.3 is 14.2 Å². The number of rotatable bonds is 5. The quantitative estimate of drug-likeness (QED) is 0.832. The van der Waals surface area contributed by atoms with Gasteiger partial charge in [0.25, 0.3) is 0 Å². The summed E-state index contributed by atoms with van der Waals surface area (Å²) in [5, 5.41) is 8.23. The molecular formula is C18H25N5O2. The lowest BCUT2D eigenvalue weighted by atomic mass is 10.1. The molecule has 3 rings (SSSR count). The van der Waals surface area contributed by atoms with E-state index in [9.17, 15) is 4.79 Å². The van der Waals surface area contributed by atoms with E-state index in [1.165, 1.54) is 0 Å². The molecule has 0 saturated carbocycles. The number of anilines is 1. The van der Waals surface area contributed by atoms with Crippen LogP contribution in [0.4, 0.5) is 5.69 Å². The first-order valence-electron chi connectivity index (χ1n) is 8.59. The first-order valence-corrected chi connectivity index (χ1v) is 8.59. The molecule has 0 radical (unpaired) electrons. The second-order valence-corrected chi connectivity index (χ2v) is 6.59. The maximum absolute atomic E-state index is 12.9. The van der Waals surface area contributed by atoms with E-state index in [1.54, 1.807) is 13.4 Å². The van der Waals surface area contributed by atoms with Gasteiger partial charge in [-0.15, -0.1) is 10.2 Å². The molecule has 0 N–H and O–H groups in total. The van der Waals surface area contributed by atoms with Crippen molar-refractivity contribution in [2.45, 2.75) is 39.4 Å². The summed E-state index contributed by atoms with van der Waals surface area (Å²) in [5.41, 5.74) is 0.876. The molecule has 0 bridgehead atoms. The second kappa shape index (κ2) is 7.23. The van der Waals surface area contributed by atoms with Crippen molar-refractivity contribution in [3.63, 3.8) is 0 Å². The predicted octanol–water partition coefficient (Wildman–Crippen LogP) is 2.10. The summed E-state index contributed by atoms with van der Waals surface area (Å²) in [6.07, 6.45) is 1.75. The number of amides is 1. The van der Waals surface area contributed by atoms with Crippen LogP contribution in [0.15, 0.2) is 30.6 Å². The Hall–Kier alpha value is -2.41. The highest BCUT2D eigenvalue weighted by Crippen LogP contribution is 2.25. The van der Waals surface area contributed by atoms with E-state index >= 15 is 0 Å². The molecule has 1 aromatic carbocycles. The Labute approximate surface area is 148 Å². The summed E-state index contributed by atoms with van der Waals surface area (Å²) >= 11 is 0. The van der Waals surface area contributed by atoms with Crippen LogP contribution < -0.4 is 9.64 Å². The molecule has 1 fully saturated rings. The number of carbonyl (C=O) groups is 1. The van der Waals surface area contributed by atoms with Crippen LogP contribution in [0.1, 0.15) is 32.6 Å². The van der Waals surface area contributed by atoms with E-state index in [-0.39, 0.29) is 11.9 Å². The highest BCUT2D eigenvalue weighted by Gasteiger charge is 2.33. The van der Waals surface area contributed by atoms with Crippen LogP contribution in [-0.2, 0) is 11.3 Å². The molecule has 1 saturated heterocycles. The van der Waals surface area contributed by atoms with Gasteiger partial charge in [-0.25, -0.2) is 0 Å². The van der Waals surface area contributed by atoms with Crippen LogP contribution in [0, 0.1) is 0 Å². The van der Waals surface area contributed by atoms with Gasteiger partial charge in [0, 0.05) is 30.9 Å². The standard InChI is InChI=1S/C18H25N5O2/c1-13(2)23-12-19-20-17(23)11-21-8-9-22(18(24)14(21)3)15-6-5-7-16(10-15)25-4/h5-7,10,12-14H,8-9,11H2,1-4H3/t14-/m0/s1. The Morgan fingerprint density at radius 1 is 1.32 bits per heavy atom. The predicted molar refractivity (Wildman–Crippen MR) is 95.6 cm³/mol. The van der Waals surface area contributed by atoms with Crippen molar-refractivity contribution in [2.75, 3.05) is 25.1 Å². The number of nitrogens with zero attached hydrogens (tertiary/aromatic N) is 5. The first-order chi connectivity index (χ1) is 12.0. The van der Waals surface area contributed by atoms with Gasteiger partial charge in [0.15, 0.2) is 0 Å². The summed E-state index contributed by atoms with van der Waals surface area (Å²) in [6.45, 7) is 8.20. The maximum atomic E-state index is 12.9. The molecule has 1 atom stereocenters. The Bertz CT molecular complexity index is 743. The van der Waals surface area contributed by atoms with Gasteiger partial charge in [0.05, 0.1) is 19.7 Å². The molecule has 7 heteroatoms. The van der Waals surface area contributed by atoms with Crippen LogP contribution in [0.25, 0.3) is 0 Å². The molecule has 0 unspecified atom stereocenters. The zero-order chi connectivity index (χ0) is 18.0. The topological polar surface area (TPSA) is 63.5 Å². The number of ether oxygens (including phenoxy) is 1. The van der Waals surface area contributed by atoms with Gasteiger partial charge in [-0.05, 0) is 32.9 Å². The number of methoxy groups -OCH3 is 1. The Kier molecular flexibility index (Phi) is 5.03. The number of hydrogen-bond acceptors (Lipinski definition) is 5. The molecule has 25 heavy (non-hydrogen) atoms. The number of benzene rings is 1. The molecule has 1 aromatic heterocycles. The Balaban J connectivity index is 1.74. The molecule has 7 nitrogen and oxygen atoms in total. The monoisotopic (exact) mass is 343 g/mol. The van der Waals surface area contributed by atoms with E-state index in [1.807, 2.05) is 40.7 Å². The SMILES string of the molecule is COc1cccc(N2CCN(Cc3nncn3C(C)C)[C@@H](C)C2=O)c1. The van der Waals surface area contributed by atoms with Gasteiger partial charge in [0.2, 0.25) is 5.91 Å². The minimum atomic E-state index is -0.211. The summed E-state index contributed by atoms with van der Waals surface area (Å²) in [7, 11) is 1.63. The Morgan fingerprint density at radius 2 is 2.12 bits per heavy atom. The van der Waals surface area contributed by atoms with Gasteiger partial charge in [-0.3, -0.25) is 9.69 Å². The third kappa shape index (κ3) is 3.51. The minimum absolute atomic E-state index is 0.0927. The lowest BCUT2D eigenvalue weighted by molar-refractivity contribution is -0.125. The normalized spacial score (nSPS) is 18.8. The molecule has 0 aliphatic carbocycles. The average molecular weight is 343 g/mol. The van der Waals surface area contributed by atoms with Crippen molar-refractivity contribution in [2.24, 2.45) is 0 Å². The average Bonchev–Trinajstić information content (AvgIpc) is 3.07. The maximum Gasteiger partial charge on any atom is 0.244 e. The molecule has 1 aliphatic heterocycles. The largest absolute Gasteiger partial charge is 0.497 e. The summed E-state index contributed by atoms with van der Waals surface area (Å²) < 4.78 is 7.32. The highest BCUT2D eigenvalue weighted by molar-refractivity contribution is 5.97.